The molecule has 1 aromatic heterocycles. The Kier molecular flexibility index (Phi) is 7.13. The van der Waals surface area contributed by atoms with Gasteiger partial charge in [0.25, 0.3) is 0 Å². The third-order valence-corrected chi connectivity index (χ3v) is 6.66. The van der Waals surface area contributed by atoms with Crippen LogP contribution in [0.25, 0.3) is 0 Å². The van der Waals surface area contributed by atoms with Gasteiger partial charge in [0.05, 0.1) is 31.6 Å². The number of hydrogen-bond donors (Lipinski definition) is 2. The molecule has 8 nitrogen and oxygen atoms in total. The molecule has 1 saturated heterocycles. The Morgan fingerprint density at radius 2 is 1.86 bits per heavy atom. The van der Waals surface area contributed by atoms with Crippen LogP contribution in [-0.4, -0.2) is 44.3 Å². The molecule has 2 atom stereocenters. The van der Waals surface area contributed by atoms with Gasteiger partial charge in [-0.15, -0.1) is 0 Å². The van der Waals surface area contributed by atoms with Gasteiger partial charge in [-0.25, -0.2) is 28.9 Å². The predicted molar refractivity (Wildman–Crippen MR) is 134 cm³/mol. The maximum Gasteiger partial charge on any atom is 0.143 e. The molecule has 0 unspecified atom stereocenters. The molecule has 0 aliphatic carbocycles. The SMILES string of the molecule is C[C@@H](N1CN(c2ccccc2OCc2ccccc2)CN1)[C@](O)(Cn1cncn1)c1ccc(F)cc1F. The standard InChI is InChI=1S/C27H28F2N6O2/c1-20(27(36,15-34-17-30-16-31-34)23-12-11-22(28)13-24(23)29)35-19-33(18-32-35)25-9-5-6-10-26(25)37-14-21-7-3-2-4-8-21/h2-13,16-17,20,32,36H,14-15,18-19H2,1H3/t20-,27-/m1/s1. The number of halogens is 2. The zero-order valence-electron chi connectivity index (χ0n) is 20.3. The van der Waals surface area contributed by atoms with Gasteiger partial charge in [0.2, 0.25) is 0 Å². The Morgan fingerprint density at radius 1 is 1.08 bits per heavy atom. The first-order valence-corrected chi connectivity index (χ1v) is 12.0. The van der Waals surface area contributed by atoms with Crippen LogP contribution in [0.4, 0.5) is 14.5 Å². The summed E-state index contributed by atoms with van der Waals surface area (Å²) in [5.74, 6) is -0.815. The molecule has 0 amide bonds. The van der Waals surface area contributed by atoms with Crippen LogP contribution in [-0.2, 0) is 18.8 Å². The molecule has 0 bridgehead atoms. The predicted octanol–water partition coefficient (Wildman–Crippen LogP) is 3.65. The van der Waals surface area contributed by atoms with Gasteiger partial charge in [-0.3, -0.25) is 0 Å². The van der Waals surface area contributed by atoms with Gasteiger partial charge in [-0.1, -0.05) is 48.5 Å². The Hall–Kier alpha value is -3.86. The van der Waals surface area contributed by atoms with E-state index in [0.717, 1.165) is 29.1 Å². The van der Waals surface area contributed by atoms with Gasteiger partial charge in [0.1, 0.15) is 42.2 Å². The summed E-state index contributed by atoms with van der Waals surface area (Å²) >= 11 is 0. The minimum absolute atomic E-state index is 0.0243. The zero-order valence-corrected chi connectivity index (χ0v) is 20.3. The van der Waals surface area contributed by atoms with Crippen LogP contribution in [0.2, 0.25) is 0 Å². The highest BCUT2D eigenvalue weighted by atomic mass is 19.1. The van der Waals surface area contributed by atoms with E-state index in [9.17, 15) is 13.9 Å². The van der Waals surface area contributed by atoms with E-state index in [0.29, 0.717) is 19.9 Å². The van der Waals surface area contributed by atoms with Gasteiger partial charge >= 0.3 is 0 Å². The molecule has 37 heavy (non-hydrogen) atoms. The fourth-order valence-electron chi connectivity index (χ4n) is 4.56. The van der Waals surface area contributed by atoms with Crippen molar-refractivity contribution in [3.63, 3.8) is 0 Å². The minimum Gasteiger partial charge on any atom is -0.487 e. The van der Waals surface area contributed by atoms with E-state index in [1.165, 1.54) is 23.4 Å². The molecule has 2 N–H and O–H groups in total. The van der Waals surface area contributed by atoms with Crippen LogP contribution in [0.5, 0.6) is 5.75 Å². The molecular weight excluding hydrogens is 478 g/mol. The Morgan fingerprint density at radius 3 is 2.62 bits per heavy atom. The second kappa shape index (κ2) is 10.6. The fraction of sp³-hybridized carbons (Fsp3) is 0.259. The van der Waals surface area contributed by atoms with E-state index in [-0.39, 0.29) is 12.1 Å². The number of nitrogens with zero attached hydrogens (tertiary/aromatic N) is 5. The first-order chi connectivity index (χ1) is 17.9. The van der Waals surface area contributed by atoms with Gasteiger partial charge in [-0.2, -0.15) is 5.10 Å². The number of aromatic nitrogens is 3. The molecule has 1 aliphatic heterocycles. The number of anilines is 1. The van der Waals surface area contributed by atoms with Crippen molar-refractivity contribution in [3.8, 4) is 5.75 Å². The molecule has 4 aromatic rings. The highest BCUT2D eigenvalue weighted by molar-refractivity contribution is 5.58. The number of rotatable bonds is 9. The van der Waals surface area contributed by atoms with Gasteiger partial charge in [0, 0.05) is 11.6 Å². The van der Waals surface area contributed by atoms with Crippen LogP contribution >= 0.6 is 0 Å². The summed E-state index contributed by atoms with van der Waals surface area (Å²) in [6, 6.07) is 20.2. The van der Waals surface area contributed by atoms with Crippen molar-refractivity contribution < 1.29 is 18.6 Å². The van der Waals surface area contributed by atoms with Crippen LogP contribution in [0.3, 0.4) is 0 Å². The lowest BCUT2D eigenvalue weighted by molar-refractivity contribution is -0.0699. The highest BCUT2D eigenvalue weighted by Gasteiger charge is 2.44. The van der Waals surface area contributed by atoms with E-state index in [1.807, 2.05) is 59.6 Å². The Labute approximate surface area is 213 Å². The Balaban J connectivity index is 1.37. The number of hydrazine groups is 1. The van der Waals surface area contributed by atoms with E-state index in [4.69, 9.17) is 4.74 Å². The normalized spacial score (nSPS) is 16.5. The molecule has 0 radical (unpaired) electrons. The zero-order chi connectivity index (χ0) is 25.8. The van der Waals surface area contributed by atoms with Crippen LogP contribution in [0.1, 0.15) is 18.1 Å². The first kappa shape index (κ1) is 24.8. The van der Waals surface area contributed by atoms with Crippen molar-refractivity contribution in [2.24, 2.45) is 0 Å². The minimum atomic E-state index is -1.75. The second-order valence-corrected chi connectivity index (χ2v) is 9.03. The van der Waals surface area contributed by atoms with Crippen LogP contribution in [0.15, 0.2) is 85.5 Å². The van der Waals surface area contributed by atoms with Crippen LogP contribution in [0, 0.1) is 11.6 Å². The summed E-state index contributed by atoms with van der Waals surface area (Å²) in [4.78, 5) is 5.99. The average molecular weight is 507 g/mol. The highest BCUT2D eigenvalue weighted by Crippen LogP contribution is 2.35. The summed E-state index contributed by atoms with van der Waals surface area (Å²) in [5, 5.41) is 17.8. The van der Waals surface area contributed by atoms with Crippen molar-refractivity contribution in [1.82, 2.24) is 25.2 Å². The molecule has 1 aliphatic rings. The smallest absolute Gasteiger partial charge is 0.143 e. The van der Waals surface area contributed by atoms with Crippen molar-refractivity contribution in [3.05, 3.63) is 108 Å². The maximum atomic E-state index is 14.9. The second-order valence-electron chi connectivity index (χ2n) is 9.03. The lowest BCUT2D eigenvalue weighted by Crippen LogP contribution is -2.54. The van der Waals surface area contributed by atoms with E-state index in [1.54, 1.807) is 6.92 Å². The number of ether oxygens (including phenoxy) is 1. The molecule has 2 heterocycles. The van der Waals surface area contributed by atoms with Crippen molar-refractivity contribution >= 4 is 5.69 Å². The lowest BCUT2D eigenvalue weighted by atomic mass is 9.86. The number of aliphatic hydroxyl groups is 1. The van der Waals surface area contributed by atoms with Crippen molar-refractivity contribution in [2.75, 3.05) is 18.2 Å². The molecule has 0 saturated carbocycles. The summed E-state index contributed by atoms with van der Waals surface area (Å²) in [5.41, 5.74) is 3.46. The summed E-state index contributed by atoms with van der Waals surface area (Å²) in [6.07, 6.45) is 2.79. The third-order valence-electron chi connectivity index (χ3n) is 6.66. The number of nitrogens with one attached hydrogen (secondary N) is 1. The third kappa shape index (κ3) is 5.31. The molecule has 192 valence electrons. The monoisotopic (exact) mass is 506 g/mol. The van der Waals surface area contributed by atoms with Crippen molar-refractivity contribution in [1.29, 1.82) is 0 Å². The number of para-hydroxylation sites is 2. The van der Waals surface area contributed by atoms with E-state index in [2.05, 4.69) is 20.4 Å². The quantitative estimate of drug-likeness (QED) is 0.359. The summed E-state index contributed by atoms with van der Waals surface area (Å²) in [6.45, 7) is 2.97. The average Bonchev–Trinajstić information content (AvgIpc) is 3.60. The van der Waals surface area contributed by atoms with Crippen molar-refractivity contribution in [2.45, 2.75) is 31.7 Å². The molecule has 5 rings (SSSR count). The molecular formula is C27H28F2N6O2. The van der Waals surface area contributed by atoms with Gasteiger partial charge in [-0.05, 0) is 30.7 Å². The fourth-order valence-corrected chi connectivity index (χ4v) is 4.56. The molecule has 1 fully saturated rings. The summed E-state index contributed by atoms with van der Waals surface area (Å²) < 4.78 is 36.2. The van der Waals surface area contributed by atoms with Crippen LogP contribution < -0.4 is 15.1 Å². The number of hydrogen-bond acceptors (Lipinski definition) is 7. The number of benzene rings is 3. The van der Waals surface area contributed by atoms with Gasteiger partial charge < -0.3 is 14.7 Å². The summed E-state index contributed by atoms with van der Waals surface area (Å²) in [7, 11) is 0. The maximum absolute atomic E-state index is 14.9. The lowest BCUT2D eigenvalue weighted by Gasteiger charge is -2.39. The van der Waals surface area contributed by atoms with Gasteiger partial charge in [0.15, 0.2) is 0 Å². The largest absolute Gasteiger partial charge is 0.487 e. The Bertz CT molecular complexity index is 1320. The first-order valence-electron chi connectivity index (χ1n) is 12.0. The van der Waals surface area contributed by atoms with E-state index < -0.39 is 23.3 Å². The molecule has 3 aromatic carbocycles. The topological polar surface area (TPSA) is 78.7 Å². The molecule has 0 spiro atoms. The molecule has 10 heteroatoms. The van der Waals surface area contributed by atoms with E-state index >= 15 is 0 Å².